The molecule has 0 saturated heterocycles. The molecular weight excluding hydrogens is 386 g/mol. The molecule has 0 unspecified atom stereocenters. The van der Waals surface area contributed by atoms with Gasteiger partial charge in [-0.2, -0.15) is 11.8 Å². The zero-order chi connectivity index (χ0) is 18.2. The van der Waals surface area contributed by atoms with Gasteiger partial charge in [-0.05, 0) is 23.8 Å². The number of nitrogens with one attached hydrogen (secondary N) is 2. The van der Waals surface area contributed by atoms with Crippen molar-refractivity contribution in [3.8, 4) is 0 Å². The minimum Gasteiger partial charge on any atom is -0.355 e. The molecule has 8 heteroatoms. The summed E-state index contributed by atoms with van der Waals surface area (Å²) in [7, 11) is 0. The third-order valence-electron chi connectivity index (χ3n) is 3.60. The smallest absolute Gasteiger partial charge is 0.201 e. The van der Waals surface area contributed by atoms with Gasteiger partial charge in [-0.15, -0.1) is 0 Å². The molecule has 3 rings (SSSR count). The summed E-state index contributed by atoms with van der Waals surface area (Å²) in [5, 5.41) is 3.97. The van der Waals surface area contributed by atoms with Crippen LogP contribution in [0, 0.1) is 4.64 Å². The number of thioether (sulfide) groups is 1. The number of aromatic nitrogens is 4. The maximum atomic E-state index is 6.10. The highest BCUT2D eigenvalue weighted by molar-refractivity contribution is 7.98. The van der Waals surface area contributed by atoms with Crippen molar-refractivity contribution in [2.24, 2.45) is 0 Å². The molecule has 5 nitrogen and oxygen atoms in total. The Morgan fingerprint density at radius 1 is 1.15 bits per heavy atom. The lowest BCUT2D eigenvalue weighted by Gasteiger charge is -2.08. The second kappa shape index (κ2) is 9.66. The summed E-state index contributed by atoms with van der Waals surface area (Å²) in [5.74, 6) is 2.38. The van der Waals surface area contributed by atoms with Crippen molar-refractivity contribution in [3.05, 3.63) is 75.5 Å². The number of aromatic amines is 1. The van der Waals surface area contributed by atoms with Gasteiger partial charge in [-0.25, -0.2) is 4.98 Å². The fourth-order valence-electron chi connectivity index (χ4n) is 2.29. The Morgan fingerprint density at radius 2 is 2.04 bits per heavy atom. The normalized spacial score (nSPS) is 10.7. The molecule has 0 atom stereocenters. The van der Waals surface area contributed by atoms with Crippen molar-refractivity contribution < 1.29 is 0 Å². The molecule has 3 aromatic heterocycles. The van der Waals surface area contributed by atoms with Crippen LogP contribution in [0.3, 0.4) is 0 Å². The minimum absolute atomic E-state index is 0.682. The minimum atomic E-state index is 0.682. The lowest BCUT2D eigenvalue weighted by molar-refractivity contribution is 1.02. The molecule has 3 aromatic rings. The summed E-state index contributed by atoms with van der Waals surface area (Å²) < 4.78 is 0.694. The topological polar surface area (TPSA) is 66.5 Å². The van der Waals surface area contributed by atoms with Crippen molar-refractivity contribution in [2.45, 2.75) is 12.2 Å². The summed E-state index contributed by atoms with van der Waals surface area (Å²) in [6.07, 6.45) is 7.89. The van der Waals surface area contributed by atoms with Gasteiger partial charge in [0.05, 0.1) is 10.7 Å². The van der Waals surface area contributed by atoms with E-state index < -0.39 is 0 Å². The highest BCUT2D eigenvalue weighted by atomic mass is 35.5. The van der Waals surface area contributed by atoms with Gasteiger partial charge in [0.2, 0.25) is 5.95 Å². The van der Waals surface area contributed by atoms with Crippen LogP contribution in [-0.4, -0.2) is 32.2 Å². The number of hydrogen-bond acceptors (Lipinski definition) is 6. The van der Waals surface area contributed by atoms with E-state index in [2.05, 4.69) is 25.3 Å². The molecule has 0 fully saturated rings. The van der Waals surface area contributed by atoms with Gasteiger partial charge in [-0.1, -0.05) is 29.9 Å². The highest BCUT2D eigenvalue weighted by Crippen LogP contribution is 2.18. The number of pyridine rings is 2. The number of H-pyrrole nitrogens is 1. The SMILES string of the molecule is S=c1[nH]c(NCCSCc2ncccc2Cl)ncc1Cc1cccnc1. The Bertz CT molecular complexity index is 901. The van der Waals surface area contributed by atoms with Crippen LogP contribution in [0.4, 0.5) is 5.95 Å². The molecule has 0 amide bonds. The van der Waals surface area contributed by atoms with Crippen LogP contribution in [0.2, 0.25) is 5.02 Å². The molecular formula is C18H18ClN5S2. The van der Waals surface area contributed by atoms with E-state index in [-0.39, 0.29) is 0 Å². The van der Waals surface area contributed by atoms with E-state index in [4.69, 9.17) is 23.8 Å². The number of anilines is 1. The Balaban J connectivity index is 1.46. The van der Waals surface area contributed by atoms with E-state index in [9.17, 15) is 0 Å². The summed E-state index contributed by atoms with van der Waals surface area (Å²) in [6, 6.07) is 7.64. The Labute approximate surface area is 166 Å². The third-order valence-corrected chi connectivity index (χ3v) is 5.28. The summed E-state index contributed by atoms with van der Waals surface area (Å²) in [4.78, 5) is 16.0. The third kappa shape index (κ3) is 5.52. The first-order valence-corrected chi connectivity index (χ1v) is 10.0. The molecule has 26 heavy (non-hydrogen) atoms. The summed E-state index contributed by atoms with van der Waals surface area (Å²) in [5.41, 5.74) is 3.01. The first-order chi connectivity index (χ1) is 12.7. The van der Waals surface area contributed by atoms with Crippen molar-refractivity contribution in [3.63, 3.8) is 0 Å². The quantitative estimate of drug-likeness (QED) is 0.426. The van der Waals surface area contributed by atoms with Crippen molar-refractivity contribution in [1.82, 2.24) is 19.9 Å². The van der Waals surface area contributed by atoms with E-state index in [1.807, 2.05) is 36.7 Å². The van der Waals surface area contributed by atoms with E-state index >= 15 is 0 Å². The van der Waals surface area contributed by atoms with Crippen LogP contribution in [0.25, 0.3) is 0 Å². The van der Waals surface area contributed by atoms with Gasteiger partial charge in [0, 0.05) is 54.8 Å². The van der Waals surface area contributed by atoms with Crippen molar-refractivity contribution in [1.29, 1.82) is 0 Å². The van der Waals surface area contributed by atoms with E-state index in [0.717, 1.165) is 41.3 Å². The van der Waals surface area contributed by atoms with Gasteiger partial charge in [-0.3, -0.25) is 9.97 Å². The molecule has 0 aliphatic heterocycles. The van der Waals surface area contributed by atoms with E-state index in [1.54, 1.807) is 24.2 Å². The largest absolute Gasteiger partial charge is 0.355 e. The lowest BCUT2D eigenvalue weighted by atomic mass is 10.1. The fourth-order valence-corrected chi connectivity index (χ4v) is 3.60. The van der Waals surface area contributed by atoms with Crippen LogP contribution >= 0.6 is 35.6 Å². The molecule has 3 heterocycles. The molecule has 0 spiro atoms. The monoisotopic (exact) mass is 403 g/mol. The number of hydrogen-bond donors (Lipinski definition) is 2. The van der Waals surface area contributed by atoms with Crippen LogP contribution in [0.15, 0.2) is 49.1 Å². The van der Waals surface area contributed by atoms with Crippen molar-refractivity contribution >= 4 is 41.5 Å². The van der Waals surface area contributed by atoms with E-state index in [1.165, 1.54) is 0 Å². The molecule has 0 aliphatic rings. The Hall–Kier alpha value is -1.96. The maximum absolute atomic E-state index is 6.10. The average molecular weight is 404 g/mol. The first kappa shape index (κ1) is 18.8. The zero-order valence-corrected chi connectivity index (χ0v) is 16.4. The van der Waals surface area contributed by atoms with Gasteiger partial charge >= 0.3 is 0 Å². The average Bonchev–Trinajstić information content (AvgIpc) is 2.66. The second-order valence-corrected chi connectivity index (χ2v) is 7.46. The predicted molar refractivity (Wildman–Crippen MR) is 110 cm³/mol. The van der Waals surface area contributed by atoms with Gasteiger partial charge in [0.1, 0.15) is 4.64 Å². The summed E-state index contributed by atoms with van der Waals surface area (Å²) >= 11 is 13.3. The maximum Gasteiger partial charge on any atom is 0.201 e. The van der Waals surface area contributed by atoms with Crippen LogP contribution < -0.4 is 5.32 Å². The Kier molecular flexibility index (Phi) is 6.99. The molecule has 0 aliphatic carbocycles. The molecule has 2 N–H and O–H groups in total. The first-order valence-electron chi connectivity index (χ1n) is 8.10. The van der Waals surface area contributed by atoms with Gasteiger partial charge in [0.15, 0.2) is 0 Å². The van der Waals surface area contributed by atoms with Gasteiger partial charge < -0.3 is 10.3 Å². The van der Waals surface area contributed by atoms with Gasteiger partial charge in [0.25, 0.3) is 0 Å². The number of nitrogens with zero attached hydrogens (tertiary/aromatic N) is 3. The molecule has 0 bridgehead atoms. The van der Waals surface area contributed by atoms with Crippen LogP contribution in [0.5, 0.6) is 0 Å². The second-order valence-electron chi connectivity index (χ2n) is 5.54. The molecule has 0 saturated carbocycles. The Morgan fingerprint density at radius 3 is 2.81 bits per heavy atom. The number of halogens is 1. The summed E-state index contributed by atoms with van der Waals surface area (Å²) in [6.45, 7) is 0.773. The van der Waals surface area contributed by atoms with Crippen LogP contribution in [-0.2, 0) is 12.2 Å². The predicted octanol–water partition coefficient (Wildman–Crippen LogP) is 4.52. The number of rotatable bonds is 8. The van der Waals surface area contributed by atoms with Crippen LogP contribution in [0.1, 0.15) is 16.8 Å². The molecule has 0 radical (unpaired) electrons. The molecule has 134 valence electrons. The standard InChI is InChI=1S/C18H18ClN5S2/c19-15-4-2-6-21-16(15)12-26-8-7-22-18-23-11-14(17(25)24-18)9-13-3-1-5-20-10-13/h1-6,10-11H,7-9,12H2,(H2,22,23,24,25). The van der Waals surface area contributed by atoms with Crippen molar-refractivity contribution in [2.75, 3.05) is 17.6 Å². The lowest BCUT2D eigenvalue weighted by Crippen LogP contribution is -2.08. The fraction of sp³-hybridized carbons (Fsp3) is 0.222. The zero-order valence-electron chi connectivity index (χ0n) is 14.0. The molecule has 0 aromatic carbocycles. The van der Waals surface area contributed by atoms with E-state index in [0.29, 0.717) is 15.6 Å². The highest BCUT2D eigenvalue weighted by Gasteiger charge is 2.03.